The van der Waals surface area contributed by atoms with E-state index in [0.29, 0.717) is 24.7 Å². The number of methoxy groups -OCH3 is 1. The Morgan fingerprint density at radius 3 is 2.53 bits per heavy atom. The fourth-order valence-electron chi connectivity index (χ4n) is 3.32. The number of rotatable bonds is 5. The Kier molecular flexibility index (Phi) is 4.83. The molecule has 106 valence electrons. The third-order valence-electron chi connectivity index (χ3n) is 4.40. The zero-order chi connectivity index (χ0) is 13.8. The molecule has 1 fully saturated rings. The van der Waals surface area contributed by atoms with Crippen LogP contribution in [0.25, 0.3) is 0 Å². The minimum atomic E-state index is 0.327. The lowest BCUT2D eigenvalue weighted by Gasteiger charge is -2.35. The maximum atomic E-state index is 6.06. The highest BCUT2D eigenvalue weighted by atomic mass is 16.5. The number of likely N-dealkylation sites (tertiary alicyclic amines) is 1. The molecule has 3 atom stereocenters. The molecule has 3 heteroatoms. The van der Waals surface area contributed by atoms with Gasteiger partial charge in [-0.3, -0.25) is 4.90 Å². The van der Waals surface area contributed by atoms with Gasteiger partial charge in [0.05, 0.1) is 7.11 Å². The number of benzene rings is 1. The van der Waals surface area contributed by atoms with Crippen LogP contribution in [-0.4, -0.2) is 30.6 Å². The van der Waals surface area contributed by atoms with Crippen molar-refractivity contribution in [1.29, 1.82) is 0 Å². The first-order valence-corrected chi connectivity index (χ1v) is 7.32. The van der Waals surface area contributed by atoms with Crippen molar-refractivity contribution in [2.75, 3.05) is 13.7 Å². The molecule has 2 N–H and O–H groups in total. The van der Waals surface area contributed by atoms with Crippen molar-refractivity contribution in [3.8, 4) is 5.75 Å². The van der Waals surface area contributed by atoms with Crippen LogP contribution in [-0.2, 0) is 0 Å². The van der Waals surface area contributed by atoms with Crippen LogP contribution in [0.2, 0.25) is 0 Å². The van der Waals surface area contributed by atoms with Crippen molar-refractivity contribution < 1.29 is 4.74 Å². The van der Waals surface area contributed by atoms with Gasteiger partial charge in [0.1, 0.15) is 5.75 Å². The van der Waals surface area contributed by atoms with Gasteiger partial charge in [0, 0.05) is 24.7 Å². The van der Waals surface area contributed by atoms with Crippen LogP contribution in [0.5, 0.6) is 5.75 Å². The van der Waals surface area contributed by atoms with E-state index in [1.54, 1.807) is 7.11 Å². The average molecular weight is 262 g/mol. The van der Waals surface area contributed by atoms with Crippen molar-refractivity contribution in [1.82, 2.24) is 4.90 Å². The molecule has 1 saturated heterocycles. The highest BCUT2D eigenvalue weighted by Crippen LogP contribution is 2.35. The molecule has 19 heavy (non-hydrogen) atoms. The quantitative estimate of drug-likeness (QED) is 0.886. The molecule has 3 unspecified atom stereocenters. The normalized spacial score (nSPS) is 25.5. The SMILES string of the molecule is CCC1CCC(C)N1C(CN)c1ccc(OC)cc1. The van der Waals surface area contributed by atoms with Gasteiger partial charge in [-0.25, -0.2) is 0 Å². The smallest absolute Gasteiger partial charge is 0.118 e. The van der Waals surface area contributed by atoms with Crippen LogP contribution in [0.1, 0.15) is 44.7 Å². The molecular formula is C16H26N2O. The molecule has 0 amide bonds. The van der Waals surface area contributed by atoms with Crippen LogP contribution in [0.4, 0.5) is 0 Å². The summed E-state index contributed by atoms with van der Waals surface area (Å²) in [6.07, 6.45) is 3.78. The lowest BCUT2D eigenvalue weighted by molar-refractivity contribution is 0.137. The fourth-order valence-corrected chi connectivity index (χ4v) is 3.32. The number of hydrogen-bond donors (Lipinski definition) is 1. The van der Waals surface area contributed by atoms with Crippen LogP contribution in [0.15, 0.2) is 24.3 Å². The first-order valence-electron chi connectivity index (χ1n) is 7.32. The first-order chi connectivity index (χ1) is 9.21. The Morgan fingerprint density at radius 1 is 1.32 bits per heavy atom. The van der Waals surface area contributed by atoms with E-state index in [0.717, 1.165) is 5.75 Å². The average Bonchev–Trinajstić information content (AvgIpc) is 2.82. The standard InChI is InChI=1S/C16H26N2O/c1-4-14-8-5-12(2)18(14)16(11-17)13-6-9-15(19-3)10-7-13/h6-7,9-10,12,14,16H,4-5,8,11,17H2,1-3H3. The Labute approximate surface area is 116 Å². The summed E-state index contributed by atoms with van der Waals surface area (Å²) in [5.41, 5.74) is 7.36. The van der Waals surface area contributed by atoms with Gasteiger partial charge in [0.2, 0.25) is 0 Å². The van der Waals surface area contributed by atoms with E-state index in [1.165, 1.54) is 24.8 Å². The predicted octanol–water partition coefficient (Wildman–Crippen LogP) is 2.96. The van der Waals surface area contributed by atoms with E-state index in [9.17, 15) is 0 Å². The molecule has 2 rings (SSSR count). The molecule has 0 aliphatic carbocycles. The largest absolute Gasteiger partial charge is 0.497 e. The van der Waals surface area contributed by atoms with Gasteiger partial charge in [0.25, 0.3) is 0 Å². The Hall–Kier alpha value is -1.06. The van der Waals surface area contributed by atoms with E-state index in [1.807, 2.05) is 12.1 Å². The number of nitrogens with two attached hydrogens (primary N) is 1. The Bertz CT molecular complexity index is 390. The van der Waals surface area contributed by atoms with E-state index in [4.69, 9.17) is 10.5 Å². The van der Waals surface area contributed by atoms with Gasteiger partial charge in [-0.2, -0.15) is 0 Å². The molecule has 0 aromatic heterocycles. The zero-order valence-corrected chi connectivity index (χ0v) is 12.3. The lowest BCUT2D eigenvalue weighted by atomic mass is 10.0. The van der Waals surface area contributed by atoms with Gasteiger partial charge in [-0.05, 0) is 43.9 Å². The highest BCUT2D eigenvalue weighted by Gasteiger charge is 2.34. The molecular weight excluding hydrogens is 236 g/mol. The lowest BCUT2D eigenvalue weighted by Crippen LogP contribution is -2.41. The van der Waals surface area contributed by atoms with Gasteiger partial charge in [-0.1, -0.05) is 19.1 Å². The summed E-state index contributed by atoms with van der Waals surface area (Å²) >= 11 is 0. The second kappa shape index (κ2) is 6.40. The minimum Gasteiger partial charge on any atom is -0.497 e. The van der Waals surface area contributed by atoms with Crippen LogP contribution in [0.3, 0.4) is 0 Å². The van der Waals surface area contributed by atoms with E-state index < -0.39 is 0 Å². The second-order valence-corrected chi connectivity index (χ2v) is 5.46. The summed E-state index contributed by atoms with van der Waals surface area (Å²) in [7, 11) is 1.70. The fraction of sp³-hybridized carbons (Fsp3) is 0.625. The summed E-state index contributed by atoms with van der Waals surface area (Å²) < 4.78 is 5.23. The van der Waals surface area contributed by atoms with E-state index in [2.05, 4.69) is 30.9 Å². The number of ether oxygens (including phenoxy) is 1. The van der Waals surface area contributed by atoms with Crippen molar-refractivity contribution >= 4 is 0 Å². The van der Waals surface area contributed by atoms with Crippen LogP contribution >= 0.6 is 0 Å². The molecule has 0 spiro atoms. The number of nitrogens with zero attached hydrogens (tertiary/aromatic N) is 1. The van der Waals surface area contributed by atoms with Crippen molar-refractivity contribution in [2.45, 2.75) is 51.2 Å². The molecule has 1 heterocycles. The molecule has 1 aliphatic heterocycles. The van der Waals surface area contributed by atoms with E-state index >= 15 is 0 Å². The molecule has 0 bridgehead atoms. The molecule has 0 saturated carbocycles. The highest BCUT2D eigenvalue weighted by molar-refractivity contribution is 5.29. The van der Waals surface area contributed by atoms with Gasteiger partial charge in [0.15, 0.2) is 0 Å². The zero-order valence-electron chi connectivity index (χ0n) is 12.3. The third kappa shape index (κ3) is 2.93. The monoisotopic (exact) mass is 262 g/mol. The Balaban J connectivity index is 2.22. The molecule has 3 nitrogen and oxygen atoms in total. The predicted molar refractivity (Wildman–Crippen MR) is 79.4 cm³/mol. The molecule has 1 aliphatic rings. The second-order valence-electron chi connectivity index (χ2n) is 5.46. The maximum absolute atomic E-state index is 6.06. The van der Waals surface area contributed by atoms with Crippen molar-refractivity contribution in [2.24, 2.45) is 5.73 Å². The summed E-state index contributed by atoms with van der Waals surface area (Å²) in [4.78, 5) is 2.61. The summed E-state index contributed by atoms with van der Waals surface area (Å²) in [6, 6.07) is 9.97. The van der Waals surface area contributed by atoms with Crippen molar-refractivity contribution in [3.63, 3.8) is 0 Å². The van der Waals surface area contributed by atoms with Crippen LogP contribution < -0.4 is 10.5 Å². The third-order valence-corrected chi connectivity index (χ3v) is 4.40. The van der Waals surface area contributed by atoms with E-state index in [-0.39, 0.29) is 0 Å². The summed E-state index contributed by atoms with van der Waals surface area (Å²) in [6.45, 7) is 5.27. The van der Waals surface area contributed by atoms with Gasteiger partial charge < -0.3 is 10.5 Å². The topological polar surface area (TPSA) is 38.5 Å². The van der Waals surface area contributed by atoms with Crippen molar-refractivity contribution in [3.05, 3.63) is 29.8 Å². The molecule has 1 aromatic rings. The van der Waals surface area contributed by atoms with Gasteiger partial charge in [-0.15, -0.1) is 0 Å². The first kappa shape index (κ1) is 14.4. The molecule has 1 aromatic carbocycles. The maximum Gasteiger partial charge on any atom is 0.118 e. The Morgan fingerprint density at radius 2 is 2.00 bits per heavy atom. The minimum absolute atomic E-state index is 0.327. The number of hydrogen-bond acceptors (Lipinski definition) is 3. The summed E-state index contributed by atoms with van der Waals surface area (Å²) in [5, 5.41) is 0. The summed E-state index contributed by atoms with van der Waals surface area (Å²) in [5.74, 6) is 0.904. The molecule has 0 radical (unpaired) electrons. The van der Waals surface area contributed by atoms with Gasteiger partial charge >= 0.3 is 0 Å². The van der Waals surface area contributed by atoms with Crippen LogP contribution in [0, 0.1) is 0 Å².